The second kappa shape index (κ2) is 6.70. The highest BCUT2D eigenvalue weighted by Gasteiger charge is 2.14. The van der Waals surface area contributed by atoms with E-state index in [2.05, 4.69) is 5.32 Å². The summed E-state index contributed by atoms with van der Waals surface area (Å²) in [7, 11) is 0. The molecule has 1 aromatic rings. The lowest BCUT2D eigenvalue weighted by Crippen LogP contribution is -2.28. The van der Waals surface area contributed by atoms with Gasteiger partial charge in [-0.15, -0.1) is 0 Å². The molecule has 0 fully saturated rings. The Morgan fingerprint density at radius 2 is 2.00 bits per heavy atom. The minimum atomic E-state index is -0.0750. The molecule has 1 N–H and O–H groups in total. The van der Waals surface area contributed by atoms with E-state index in [9.17, 15) is 9.59 Å². The Bertz CT molecular complexity index is 547. The molecule has 20 heavy (non-hydrogen) atoms. The molecular weight excluding hydrogens is 252 g/mol. The lowest BCUT2D eigenvalue weighted by molar-refractivity contribution is -0.117. The van der Waals surface area contributed by atoms with Crippen molar-refractivity contribution in [1.82, 2.24) is 10.2 Å². The molecule has 1 aliphatic heterocycles. The number of hydrogen-bond donors (Lipinski definition) is 1. The third-order valence-electron chi connectivity index (χ3n) is 3.01. The van der Waals surface area contributed by atoms with E-state index >= 15 is 0 Å². The van der Waals surface area contributed by atoms with Crippen molar-refractivity contribution in [2.24, 2.45) is 0 Å². The number of ketones is 1. The van der Waals surface area contributed by atoms with Crippen molar-refractivity contribution >= 4 is 11.7 Å². The third-order valence-corrected chi connectivity index (χ3v) is 3.01. The van der Waals surface area contributed by atoms with Gasteiger partial charge in [0.1, 0.15) is 0 Å². The molecule has 0 aromatic heterocycles. The molecule has 0 unspecified atom stereocenters. The maximum Gasteiger partial charge on any atom is 0.248 e. The third kappa shape index (κ3) is 3.57. The van der Waals surface area contributed by atoms with Gasteiger partial charge in [0.15, 0.2) is 5.78 Å². The molecule has 2 rings (SSSR count). The van der Waals surface area contributed by atoms with E-state index in [0.29, 0.717) is 24.1 Å². The molecule has 0 radical (unpaired) electrons. The Balaban J connectivity index is 2.02. The summed E-state index contributed by atoms with van der Waals surface area (Å²) >= 11 is 0. The summed E-state index contributed by atoms with van der Waals surface area (Å²) in [5.74, 6) is -0.0438. The molecule has 0 bridgehead atoms. The fourth-order valence-corrected chi connectivity index (χ4v) is 2.02. The lowest BCUT2D eigenvalue weighted by atomic mass is 10.1. The first-order valence-corrected chi connectivity index (χ1v) is 6.70. The summed E-state index contributed by atoms with van der Waals surface area (Å²) in [5, 5.41) is 2.77. The maximum atomic E-state index is 12.1. The number of rotatable bonds is 5. The zero-order chi connectivity index (χ0) is 14.4. The van der Waals surface area contributed by atoms with Crippen LogP contribution in [0.2, 0.25) is 0 Å². The SMILES string of the molecule is CCNC(=O)C1=CN(CC(=O)c2ccccc2)C=CC1. The van der Waals surface area contributed by atoms with E-state index < -0.39 is 0 Å². The van der Waals surface area contributed by atoms with Gasteiger partial charge >= 0.3 is 0 Å². The monoisotopic (exact) mass is 270 g/mol. The van der Waals surface area contributed by atoms with Gasteiger partial charge in [-0.1, -0.05) is 36.4 Å². The highest BCUT2D eigenvalue weighted by Crippen LogP contribution is 2.13. The van der Waals surface area contributed by atoms with Gasteiger partial charge in [-0.2, -0.15) is 0 Å². The van der Waals surface area contributed by atoms with Crippen molar-refractivity contribution in [2.75, 3.05) is 13.1 Å². The number of nitrogens with one attached hydrogen (secondary N) is 1. The van der Waals surface area contributed by atoms with E-state index in [1.807, 2.05) is 37.4 Å². The summed E-state index contributed by atoms with van der Waals surface area (Å²) in [6.45, 7) is 2.72. The number of Topliss-reactive ketones (excluding diaryl/α,β-unsaturated/α-hetero) is 1. The van der Waals surface area contributed by atoms with Crippen LogP contribution in [0.25, 0.3) is 0 Å². The number of amides is 1. The number of likely N-dealkylation sites (N-methyl/N-ethyl adjacent to an activating group) is 1. The highest BCUT2D eigenvalue weighted by molar-refractivity contribution is 5.98. The van der Waals surface area contributed by atoms with E-state index in [-0.39, 0.29) is 18.2 Å². The minimum Gasteiger partial charge on any atom is -0.353 e. The van der Waals surface area contributed by atoms with Crippen LogP contribution in [-0.2, 0) is 4.79 Å². The molecule has 4 heteroatoms. The maximum absolute atomic E-state index is 12.1. The van der Waals surface area contributed by atoms with Crippen molar-refractivity contribution in [3.8, 4) is 0 Å². The van der Waals surface area contributed by atoms with Crippen molar-refractivity contribution in [3.05, 3.63) is 59.9 Å². The topological polar surface area (TPSA) is 49.4 Å². The smallest absolute Gasteiger partial charge is 0.248 e. The summed E-state index contributed by atoms with van der Waals surface area (Å²) in [5.41, 5.74) is 1.36. The van der Waals surface area contributed by atoms with Gasteiger partial charge in [-0.05, 0) is 13.3 Å². The van der Waals surface area contributed by atoms with Crippen molar-refractivity contribution in [2.45, 2.75) is 13.3 Å². The van der Waals surface area contributed by atoms with Gasteiger partial charge in [0.2, 0.25) is 5.91 Å². The van der Waals surface area contributed by atoms with Crippen LogP contribution in [-0.4, -0.2) is 29.7 Å². The molecule has 0 aliphatic carbocycles. The Morgan fingerprint density at radius 1 is 1.25 bits per heavy atom. The van der Waals surface area contributed by atoms with Crippen LogP contribution >= 0.6 is 0 Å². The molecule has 104 valence electrons. The highest BCUT2D eigenvalue weighted by atomic mass is 16.1. The average Bonchev–Trinajstić information content (AvgIpc) is 2.48. The number of carbonyl (C=O) groups excluding carboxylic acids is 2. The van der Waals surface area contributed by atoms with Crippen LogP contribution in [0.3, 0.4) is 0 Å². The van der Waals surface area contributed by atoms with Gasteiger partial charge in [0.05, 0.1) is 6.54 Å². The predicted octanol–water partition coefficient (Wildman–Crippen LogP) is 2.11. The van der Waals surface area contributed by atoms with Crippen LogP contribution in [0.5, 0.6) is 0 Å². The summed E-state index contributed by atoms with van der Waals surface area (Å²) in [6.07, 6.45) is 6.07. The van der Waals surface area contributed by atoms with Crippen LogP contribution < -0.4 is 5.32 Å². The number of carbonyl (C=O) groups is 2. The zero-order valence-electron chi connectivity index (χ0n) is 11.5. The second-order valence-electron chi connectivity index (χ2n) is 4.56. The molecule has 4 nitrogen and oxygen atoms in total. The average molecular weight is 270 g/mol. The summed E-state index contributed by atoms with van der Waals surface area (Å²) < 4.78 is 0. The Hall–Kier alpha value is -2.36. The second-order valence-corrected chi connectivity index (χ2v) is 4.56. The van der Waals surface area contributed by atoms with Crippen molar-refractivity contribution in [1.29, 1.82) is 0 Å². The Kier molecular flexibility index (Phi) is 4.71. The Labute approximate surface area is 118 Å². The van der Waals surface area contributed by atoms with E-state index in [1.54, 1.807) is 23.2 Å². The molecule has 0 atom stereocenters. The molecule has 1 aromatic carbocycles. The van der Waals surface area contributed by atoms with Gasteiger partial charge < -0.3 is 10.2 Å². The zero-order valence-corrected chi connectivity index (χ0v) is 11.5. The standard InChI is InChI=1S/C16H18N2O2/c1-2-17-16(20)14-9-6-10-18(11-14)12-15(19)13-7-4-3-5-8-13/h3-8,10-11H,2,9,12H2,1H3,(H,17,20). The quantitative estimate of drug-likeness (QED) is 0.834. The number of benzene rings is 1. The summed E-state index contributed by atoms with van der Waals surface area (Å²) in [6, 6.07) is 9.16. The van der Waals surface area contributed by atoms with Gasteiger partial charge in [-0.3, -0.25) is 9.59 Å². The van der Waals surface area contributed by atoms with Crippen LogP contribution in [0, 0.1) is 0 Å². The Morgan fingerprint density at radius 3 is 2.70 bits per heavy atom. The molecule has 0 saturated carbocycles. The molecule has 1 aliphatic rings. The summed E-state index contributed by atoms with van der Waals surface area (Å²) in [4.78, 5) is 25.6. The molecule has 0 saturated heterocycles. The largest absolute Gasteiger partial charge is 0.353 e. The van der Waals surface area contributed by atoms with Crippen molar-refractivity contribution < 1.29 is 9.59 Å². The minimum absolute atomic E-state index is 0.0312. The molecule has 1 amide bonds. The number of hydrogen-bond acceptors (Lipinski definition) is 3. The van der Waals surface area contributed by atoms with Crippen LogP contribution in [0.15, 0.2) is 54.4 Å². The molecule has 0 spiro atoms. The fourth-order valence-electron chi connectivity index (χ4n) is 2.02. The molecule has 1 heterocycles. The van der Waals surface area contributed by atoms with Crippen molar-refractivity contribution in [3.63, 3.8) is 0 Å². The van der Waals surface area contributed by atoms with Crippen LogP contribution in [0.1, 0.15) is 23.7 Å². The lowest BCUT2D eigenvalue weighted by Gasteiger charge is -2.20. The van der Waals surface area contributed by atoms with Crippen LogP contribution in [0.4, 0.5) is 0 Å². The van der Waals surface area contributed by atoms with E-state index in [0.717, 1.165) is 0 Å². The van der Waals surface area contributed by atoms with E-state index in [4.69, 9.17) is 0 Å². The first-order valence-electron chi connectivity index (χ1n) is 6.70. The molecular formula is C16H18N2O2. The van der Waals surface area contributed by atoms with E-state index in [1.165, 1.54) is 0 Å². The predicted molar refractivity (Wildman–Crippen MR) is 78.0 cm³/mol. The van der Waals surface area contributed by atoms with Gasteiger partial charge in [0.25, 0.3) is 0 Å². The number of nitrogens with zero attached hydrogens (tertiary/aromatic N) is 1. The first-order chi connectivity index (χ1) is 9.70. The number of allylic oxidation sites excluding steroid dienone is 1. The normalized spacial score (nSPS) is 13.8. The fraction of sp³-hybridized carbons (Fsp3) is 0.250. The van der Waals surface area contributed by atoms with Gasteiger partial charge in [0, 0.05) is 30.1 Å². The first kappa shape index (κ1) is 14.1. The van der Waals surface area contributed by atoms with Gasteiger partial charge in [-0.25, -0.2) is 0 Å².